The van der Waals surface area contributed by atoms with E-state index >= 15 is 0 Å². The molecule has 0 aromatic heterocycles. The van der Waals surface area contributed by atoms with Crippen LogP contribution in [0.5, 0.6) is 0 Å². The first-order valence-corrected chi connectivity index (χ1v) is 9.03. The highest BCUT2D eigenvalue weighted by Gasteiger charge is 2.29. The number of hydrogen-bond donors (Lipinski definition) is 0. The van der Waals surface area contributed by atoms with E-state index in [2.05, 4.69) is 76.3 Å². The van der Waals surface area contributed by atoms with Crippen molar-refractivity contribution >= 4 is 21.8 Å². The lowest BCUT2D eigenvalue weighted by atomic mass is 10.0. The Balaban J connectivity index is 1.65. The van der Waals surface area contributed by atoms with Crippen LogP contribution in [-0.2, 0) is 11.2 Å². The molecule has 23 heavy (non-hydrogen) atoms. The summed E-state index contributed by atoms with van der Waals surface area (Å²) in [6.45, 7) is 2.97. The zero-order chi connectivity index (χ0) is 16.2. The topological polar surface area (TPSA) is 20.3 Å². The number of benzene rings is 2. The highest BCUT2D eigenvalue weighted by atomic mass is 79.9. The van der Waals surface area contributed by atoms with Crippen LogP contribution < -0.4 is 0 Å². The third kappa shape index (κ3) is 4.03. The van der Waals surface area contributed by atoms with Gasteiger partial charge in [0.1, 0.15) is 0 Å². The third-order valence-corrected chi connectivity index (χ3v) is 5.07. The van der Waals surface area contributed by atoms with E-state index in [9.17, 15) is 4.79 Å². The maximum Gasteiger partial charge on any atom is 0.223 e. The summed E-state index contributed by atoms with van der Waals surface area (Å²) in [5, 5.41) is 0. The zero-order valence-electron chi connectivity index (χ0n) is 13.5. The molecule has 3 rings (SSSR count). The Morgan fingerprint density at radius 3 is 2.74 bits per heavy atom. The molecule has 1 aliphatic heterocycles. The molecule has 2 aromatic rings. The van der Waals surface area contributed by atoms with Gasteiger partial charge in [0.25, 0.3) is 0 Å². The average molecular weight is 372 g/mol. The third-order valence-electron chi connectivity index (χ3n) is 4.54. The normalized spacial score (nSPS) is 17.5. The van der Waals surface area contributed by atoms with Crippen molar-refractivity contribution < 1.29 is 4.79 Å². The molecule has 1 aliphatic rings. The van der Waals surface area contributed by atoms with Crippen molar-refractivity contribution in [2.24, 2.45) is 0 Å². The van der Waals surface area contributed by atoms with Crippen molar-refractivity contribution in [3.63, 3.8) is 0 Å². The zero-order valence-corrected chi connectivity index (χ0v) is 15.1. The summed E-state index contributed by atoms with van der Waals surface area (Å²) in [6, 6.07) is 17.0. The molecule has 3 heteroatoms. The molecule has 2 nitrogen and oxygen atoms in total. The molecule has 1 unspecified atom stereocenters. The van der Waals surface area contributed by atoms with Crippen molar-refractivity contribution in [2.45, 2.75) is 38.6 Å². The Labute approximate surface area is 146 Å². The number of carbonyl (C=O) groups is 1. The van der Waals surface area contributed by atoms with E-state index in [4.69, 9.17) is 0 Å². The van der Waals surface area contributed by atoms with Crippen LogP contribution in [0.15, 0.2) is 53.0 Å². The van der Waals surface area contributed by atoms with Crippen LogP contribution in [-0.4, -0.2) is 17.4 Å². The standard InChI is InChI=1S/C20H22BrNO/c1-15-4-2-5-16(14-15)7-12-20(23)22-13-3-6-19(22)17-8-10-18(21)11-9-17/h2,4-5,8-11,14,19H,3,6-7,12-13H2,1H3. The fourth-order valence-electron chi connectivity index (χ4n) is 3.36. The Kier molecular flexibility index (Phi) is 5.16. The van der Waals surface area contributed by atoms with Gasteiger partial charge in [-0.05, 0) is 49.4 Å². The molecule has 0 spiro atoms. The van der Waals surface area contributed by atoms with Gasteiger partial charge in [0.05, 0.1) is 6.04 Å². The molecular formula is C20H22BrNO. The van der Waals surface area contributed by atoms with Crippen molar-refractivity contribution in [1.82, 2.24) is 4.90 Å². The fraction of sp³-hybridized carbons (Fsp3) is 0.350. The van der Waals surface area contributed by atoms with Gasteiger partial charge in [-0.2, -0.15) is 0 Å². The highest BCUT2D eigenvalue weighted by Crippen LogP contribution is 2.33. The van der Waals surface area contributed by atoms with Gasteiger partial charge in [-0.15, -0.1) is 0 Å². The van der Waals surface area contributed by atoms with Crippen molar-refractivity contribution in [1.29, 1.82) is 0 Å². The minimum atomic E-state index is 0.244. The second kappa shape index (κ2) is 7.31. The van der Waals surface area contributed by atoms with E-state index in [0.717, 1.165) is 30.3 Å². The molecule has 0 aliphatic carbocycles. The molecule has 0 N–H and O–H groups in total. The second-order valence-electron chi connectivity index (χ2n) is 6.29. The van der Waals surface area contributed by atoms with Crippen LogP contribution in [0.25, 0.3) is 0 Å². The molecule has 1 heterocycles. The first-order chi connectivity index (χ1) is 11.1. The lowest BCUT2D eigenvalue weighted by Crippen LogP contribution is -2.30. The maximum absolute atomic E-state index is 12.7. The number of rotatable bonds is 4. The lowest BCUT2D eigenvalue weighted by Gasteiger charge is -2.25. The van der Waals surface area contributed by atoms with E-state index in [1.54, 1.807) is 0 Å². The molecule has 1 amide bonds. The van der Waals surface area contributed by atoms with E-state index in [-0.39, 0.29) is 11.9 Å². The number of aryl methyl sites for hydroxylation is 2. The van der Waals surface area contributed by atoms with Crippen molar-refractivity contribution in [2.75, 3.05) is 6.54 Å². The van der Waals surface area contributed by atoms with Gasteiger partial charge in [0, 0.05) is 17.4 Å². The van der Waals surface area contributed by atoms with Gasteiger partial charge in [-0.25, -0.2) is 0 Å². The summed E-state index contributed by atoms with van der Waals surface area (Å²) < 4.78 is 1.08. The maximum atomic E-state index is 12.7. The first kappa shape index (κ1) is 16.3. The van der Waals surface area contributed by atoms with E-state index in [1.165, 1.54) is 16.7 Å². The Bertz CT molecular complexity index is 680. The molecule has 120 valence electrons. The average Bonchev–Trinajstić information content (AvgIpc) is 3.03. The smallest absolute Gasteiger partial charge is 0.223 e. The largest absolute Gasteiger partial charge is 0.336 e. The van der Waals surface area contributed by atoms with E-state index in [0.29, 0.717) is 6.42 Å². The Hall–Kier alpha value is -1.61. The minimum absolute atomic E-state index is 0.244. The van der Waals surface area contributed by atoms with Crippen LogP contribution in [0, 0.1) is 6.92 Å². The number of likely N-dealkylation sites (tertiary alicyclic amines) is 1. The predicted octanol–water partition coefficient (Wildman–Crippen LogP) is 5.05. The molecule has 1 atom stereocenters. The molecule has 1 saturated heterocycles. The summed E-state index contributed by atoms with van der Waals surface area (Å²) in [5.41, 5.74) is 3.75. The molecule has 0 bridgehead atoms. The summed E-state index contributed by atoms with van der Waals surface area (Å²) >= 11 is 3.47. The fourth-order valence-corrected chi connectivity index (χ4v) is 3.62. The molecular weight excluding hydrogens is 350 g/mol. The van der Waals surface area contributed by atoms with Crippen molar-refractivity contribution in [3.8, 4) is 0 Å². The lowest BCUT2D eigenvalue weighted by molar-refractivity contribution is -0.132. The van der Waals surface area contributed by atoms with Crippen LogP contribution in [0.3, 0.4) is 0 Å². The first-order valence-electron chi connectivity index (χ1n) is 8.24. The second-order valence-corrected chi connectivity index (χ2v) is 7.20. The van der Waals surface area contributed by atoms with Gasteiger partial charge < -0.3 is 4.90 Å². The minimum Gasteiger partial charge on any atom is -0.336 e. The van der Waals surface area contributed by atoms with Crippen molar-refractivity contribution in [3.05, 3.63) is 69.7 Å². The number of nitrogens with zero attached hydrogens (tertiary/aromatic N) is 1. The Morgan fingerprint density at radius 2 is 2.00 bits per heavy atom. The van der Waals surface area contributed by atoms with Crippen LogP contribution in [0.2, 0.25) is 0 Å². The van der Waals surface area contributed by atoms with Crippen LogP contribution in [0.1, 0.15) is 42.0 Å². The van der Waals surface area contributed by atoms with Gasteiger partial charge in [-0.3, -0.25) is 4.79 Å². The quantitative estimate of drug-likeness (QED) is 0.735. The highest BCUT2D eigenvalue weighted by molar-refractivity contribution is 9.10. The molecule has 2 aromatic carbocycles. The van der Waals surface area contributed by atoms with E-state index in [1.807, 2.05) is 0 Å². The van der Waals surface area contributed by atoms with E-state index < -0.39 is 0 Å². The SMILES string of the molecule is Cc1cccc(CCC(=O)N2CCCC2c2ccc(Br)cc2)c1. The molecule has 0 radical (unpaired) electrons. The van der Waals surface area contributed by atoms with Gasteiger partial charge in [0.15, 0.2) is 0 Å². The van der Waals surface area contributed by atoms with Gasteiger partial charge in [0.2, 0.25) is 5.91 Å². The Morgan fingerprint density at radius 1 is 1.22 bits per heavy atom. The molecule has 1 fully saturated rings. The van der Waals surface area contributed by atoms with Crippen LogP contribution in [0.4, 0.5) is 0 Å². The number of hydrogen-bond acceptors (Lipinski definition) is 1. The summed E-state index contributed by atoms with van der Waals surface area (Å²) in [5.74, 6) is 0.275. The number of amides is 1. The number of carbonyl (C=O) groups excluding carboxylic acids is 1. The van der Waals surface area contributed by atoms with Gasteiger partial charge >= 0.3 is 0 Å². The van der Waals surface area contributed by atoms with Gasteiger partial charge in [-0.1, -0.05) is 57.9 Å². The van der Waals surface area contributed by atoms with Crippen LogP contribution >= 0.6 is 15.9 Å². The monoisotopic (exact) mass is 371 g/mol. The summed E-state index contributed by atoms with van der Waals surface area (Å²) in [7, 11) is 0. The predicted molar refractivity (Wildman–Crippen MR) is 97.3 cm³/mol. The molecule has 0 saturated carbocycles. The summed E-state index contributed by atoms with van der Waals surface area (Å²) in [6.07, 6.45) is 3.58. The number of halogens is 1. The summed E-state index contributed by atoms with van der Waals surface area (Å²) in [4.78, 5) is 14.7.